The lowest BCUT2D eigenvalue weighted by Gasteiger charge is -2.12. The van der Waals surface area contributed by atoms with Crippen molar-refractivity contribution in [3.8, 4) is 5.75 Å². The maximum Gasteiger partial charge on any atom is 0.221 e. The van der Waals surface area contributed by atoms with Crippen LogP contribution in [0, 0.1) is 0 Å². The summed E-state index contributed by atoms with van der Waals surface area (Å²) in [5.41, 5.74) is 3.14. The van der Waals surface area contributed by atoms with Crippen LogP contribution < -0.4 is 20.7 Å². The topological polar surface area (TPSA) is 74.8 Å². The van der Waals surface area contributed by atoms with Gasteiger partial charge >= 0.3 is 0 Å². The van der Waals surface area contributed by atoms with Crippen LogP contribution in [0.15, 0.2) is 53.5 Å². The molecule has 27 heavy (non-hydrogen) atoms. The molecule has 6 heteroatoms. The fourth-order valence-corrected chi connectivity index (χ4v) is 2.53. The second kappa shape index (κ2) is 10.9. The number of rotatable bonds is 8. The van der Waals surface area contributed by atoms with E-state index in [9.17, 15) is 4.79 Å². The lowest BCUT2D eigenvalue weighted by molar-refractivity contribution is -0.114. The van der Waals surface area contributed by atoms with E-state index in [-0.39, 0.29) is 5.91 Å². The highest BCUT2D eigenvalue weighted by atomic mass is 16.5. The smallest absolute Gasteiger partial charge is 0.221 e. The molecule has 1 amide bonds. The second-order valence-electron chi connectivity index (χ2n) is 6.10. The zero-order valence-electron chi connectivity index (χ0n) is 16.2. The number of carbonyl (C=O) groups is 1. The van der Waals surface area contributed by atoms with Gasteiger partial charge in [-0.05, 0) is 48.7 Å². The average molecular weight is 368 g/mol. The van der Waals surface area contributed by atoms with Crippen molar-refractivity contribution in [3.63, 3.8) is 0 Å². The van der Waals surface area contributed by atoms with Gasteiger partial charge in [0, 0.05) is 25.7 Å². The molecule has 6 nitrogen and oxygen atoms in total. The number of anilines is 1. The van der Waals surface area contributed by atoms with Crippen molar-refractivity contribution in [2.75, 3.05) is 25.5 Å². The first kappa shape index (κ1) is 20.3. The summed E-state index contributed by atoms with van der Waals surface area (Å²) in [4.78, 5) is 15.7. The molecule has 2 aromatic rings. The molecule has 0 aliphatic heterocycles. The van der Waals surface area contributed by atoms with Gasteiger partial charge in [0.15, 0.2) is 5.96 Å². The number of carbonyl (C=O) groups excluding carboxylic acids is 1. The Labute approximate surface area is 161 Å². The third kappa shape index (κ3) is 7.40. The van der Waals surface area contributed by atoms with Crippen molar-refractivity contribution in [3.05, 3.63) is 59.7 Å². The molecule has 0 atom stereocenters. The fraction of sp³-hybridized carbons (Fsp3) is 0.333. The van der Waals surface area contributed by atoms with Gasteiger partial charge in [-0.15, -0.1) is 0 Å². The van der Waals surface area contributed by atoms with Crippen molar-refractivity contribution in [2.24, 2.45) is 4.99 Å². The maximum atomic E-state index is 11.1. The molecule has 2 rings (SSSR count). The molecule has 0 aromatic heterocycles. The minimum atomic E-state index is -0.0622. The molecule has 3 N–H and O–H groups in total. The summed E-state index contributed by atoms with van der Waals surface area (Å²) in [5, 5.41) is 9.38. The number of benzene rings is 2. The standard InChI is InChI=1S/C21H28N4O2/c1-4-22-21(24-15-18-7-11-20(27-3)12-8-18)23-14-13-17-5-9-19(10-6-17)25-16(2)26/h5-12H,4,13-15H2,1-3H3,(H,25,26)(H2,22,23,24). The Kier molecular flexibility index (Phi) is 8.16. The lowest BCUT2D eigenvalue weighted by Crippen LogP contribution is -2.38. The molecule has 0 saturated carbocycles. The van der Waals surface area contributed by atoms with Crippen molar-refractivity contribution in [2.45, 2.75) is 26.8 Å². The molecule has 0 unspecified atom stereocenters. The predicted octanol–water partition coefficient (Wildman–Crippen LogP) is 2.95. The van der Waals surface area contributed by atoms with E-state index >= 15 is 0 Å². The Bertz CT molecular complexity index is 740. The van der Waals surface area contributed by atoms with Crippen LogP contribution in [-0.2, 0) is 17.8 Å². The summed E-state index contributed by atoms with van der Waals surface area (Å²) in [6, 6.07) is 15.8. The first-order valence-electron chi connectivity index (χ1n) is 9.12. The highest BCUT2D eigenvalue weighted by molar-refractivity contribution is 5.88. The Morgan fingerprint density at radius 3 is 2.26 bits per heavy atom. The highest BCUT2D eigenvalue weighted by Gasteiger charge is 2.00. The van der Waals surface area contributed by atoms with Crippen molar-refractivity contribution < 1.29 is 9.53 Å². The highest BCUT2D eigenvalue weighted by Crippen LogP contribution is 2.12. The van der Waals surface area contributed by atoms with Gasteiger partial charge < -0.3 is 20.7 Å². The number of nitrogens with zero attached hydrogens (tertiary/aromatic N) is 1. The van der Waals surface area contributed by atoms with Crippen molar-refractivity contribution in [1.82, 2.24) is 10.6 Å². The molecular formula is C21H28N4O2. The zero-order chi connectivity index (χ0) is 19.5. The Hall–Kier alpha value is -3.02. The van der Waals surface area contributed by atoms with Crippen LogP contribution in [0.25, 0.3) is 0 Å². The fourth-order valence-electron chi connectivity index (χ4n) is 2.53. The monoisotopic (exact) mass is 368 g/mol. The number of ether oxygens (including phenoxy) is 1. The summed E-state index contributed by atoms with van der Waals surface area (Å²) >= 11 is 0. The third-order valence-electron chi connectivity index (χ3n) is 3.90. The number of guanidine groups is 1. The zero-order valence-corrected chi connectivity index (χ0v) is 16.2. The van der Waals surface area contributed by atoms with Gasteiger partial charge in [0.05, 0.1) is 13.7 Å². The first-order valence-corrected chi connectivity index (χ1v) is 9.12. The Morgan fingerprint density at radius 2 is 1.67 bits per heavy atom. The summed E-state index contributed by atoms with van der Waals surface area (Å²) < 4.78 is 5.17. The van der Waals surface area contributed by atoms with E-state index in [2.05, 4.69) is 20.9 Å². The van der Waals surface area contributed by atoms with E-state index < -0.39 is 0 Å². The molecule has 0 heterocycles. The summed E-state index contributed by atoms with van der Waals surface area (Å²) in [5.74, 6) is 1.58. The largest absolute Gasteiger partial charge is 0.497 e. The van der Waals surface area contributed by atoms with E-state index in [1.165, 1.54) is 12.5 Å². The van der Waals surface area contributed by atoms with E-state index in [1.54, 1.807) is 7.11 Å². The van der Waals surface area contributed by atoms with Crippen LogP contribution in [-0.4, -0.2) is 32.1 Å². The van der Waals surface area contributed by atoms with E-state index in [0.29, 0.717) is 6.54 Å². The molecule has 0 radical (unpaired) electrons. The van der Waals surface area contributed by atoms with Crippen LogP contribution in [0.2, 0.25) is 0 Å². The number of amides is 1. The van der Waals surface area contributed by atoms with E-state index in [1.807, 2.05) is 55.5 Å². The minimum absolute atomic E-state index is 0.0622. The number of nitrogens with one attached hydrogen (secondary N) is 3. The van der Waals surface area contributed by atoms with Gasteiger partial charge in [-0.25, -0.2) is 4.99 Å². The predicted molar refractivity (Wildman–Crippen MR) is 110 cm³/mol. The summed E-state index contributed by atoms with van der Waals surface area (Å²) in [6.07, 6.45) is 0.868. The molecule has 0 fully saturated rings. The van der Waals surface area contributed by atoms with Crippen LogP contribution in [0.5, 0.6) is 5.75 Å². The SMILES string of the molecule is CCNC(=NCc1ccc(OC)cc1)NCCc1ccc(NC(C)=O)cc1. The van der Waals surface area contributed by atoms with E-state index in [4.69, 9.17) is 4.74 Å². The maximum absolute atomic E-state index is 11.1. The number of aliphatic imine (C=N–C) groups is 1. The Balaban J connectivity index is 1.84. The first-order chi connectivity index (χ1) is 13.1. The Morgan fingerprint density at radius 1 is 1.00 bits per heavy atom. The normalized spacial score (nSPS) is 11.0. The van der Waals surface area contributed by atoms with Gasteiger partial charge in [-0.2, -0.15) is 0 Å². The molecule has 0 aliphatic rings. The second-order valence-corrected chi connectivity index (χ2v) is 6.10. The van der Waals surface area contributed by atoms with Crippen LogP contribution >= 0.6 is 0 Å². The van der Waals surface area contributed by atoms with E-state index in [0.717, 1.165) is 42.5 Å². The molecule has 0 aliphatic carbocycles. The quantitative estimate of drug-likeness (QED) is 0.495. The number of hydrogen-bond acceptors (Lipinski definition) is 3. The van der Waals surface area contributed by atoms with Gasteiger partial charge in [0.1, 0.15) is 5.75 Å². The summed E-state index contributed by atoms with van der Waals surface area (Å²) in [7, 11) is 1.66. The van der Waals surface area contributed by atoms with Crippen molar-refractivity contribution in [1.29, 1.82) is 0 Å². The van der Waals surface area contributed by atoms with Gasteiger partial charge in [0.2, 0.25) is 5.91 Å². The minimum Gasteiger partial charge on any atom is -0.497 e. The summed E-state index contributed by atoms with van der Waals surface area (Å²) in [6.45, 7) is 5.73. The van der Waals surface area contributed by atoms with Gasteiger partial charge in [0.25, 0.3) is 0 Å². The third-order valence-corrected chi connectivity index (χ3v) is 3.90. The molecule has 0 bridgehead atoms. The molecular weight excluding hydrogens is 340 g/mol. The van der Waals surface area contributed by atoms with Crippen molar-refractivity contribution >= 4 is 17.6 Å². The van der Waals surface area contributed by atoms with Crippen LogP contribution in [0.1, 0.15) is 25.0 Å². The van der Waals surface area contributed by atoms with Gasteiger partial charge in [-0.1, -0.05) is 24.3 Å². The average Bonchev–Trinajstić information content (AvgIpc) is 2.67. The number of methoxy groups -OCH3 is 1. The lowest BCUT2D eigenvalue weighted by atomic mass is 10.1. The molecule has 0 saturated heterocycles. The molecule has 0 spiro atoms. The molecule has 144 valence electrons. The van der Waals surface area contributed by atoms with Crippen LogP contribution in [0.4, 0.5) is 5.69 Å². The number of hydrogen-bond donors (Lipinski definition) is 3. The van der Waals surface area contributed by atoms with Gasteiger partial charge in [-0.3, -0.25) is 4.79 Å². The molecule has 2 aromatic carbocycles. The van der Waals surface area contributed by atoms with Crippen LogP contribution in [0.3, 0.4) is 0 Å².